The number of nitrogens with one attached hydrogen (secondary N) is 1. The summed E-state index contributed by atoms with van der Waals surface area (Å²) in [5.41, 5.74) is 5.24. The van der Waals surface area contributed by atoms with Crippen molar-refractivity contribution < 1.29 is 18.4 Å². The summed E-state index contributed by atoms with van der Waals surface area (Å²) in [6, 6.07) is 3.03. The molecule has 2 atom stereocenters. The Morgan fingerprint density at radius 3 is 2.62 bits per heavy atom. The van der Waals surface area contributed by atoms with Gasteiger partial charge in [0, 0.05) is 31.1 Å². The molecule has 1 aliphatic rings. The highest BCUT2D eigenvalue weighted by Crippen LogP contribution is 2.28. The number of rotatable bonds is 6. The molecule has 1 aliphatic heterocycles. The van der Waals surface area contributed by atoms with E-state index < -0.39 is 23.1 Å². The van der Waals surface area contributed by atoms with E-state index in [1.165, 1.54) is 11.0 Å². The van der Waals surface area contributed by atoms with Gasteiger partial charge in [-0.15, -0.1) is 12.4 Å². The van der Waals surface area contributed by atoms with Gasteiger partial charge in [0.25, 0.3) is 0 Å². The molecule has 0 bridgehead atoms. The van der Waals surface area contributed by atoms with Crippen molar-refractivity contribution in [1.82, 2.24) is 5.32 Å². The third-order valence-corrected chi connectivity index (χ3v) is 4.43. The van der Waals surface area contributed by atoms with E-state index in [1.807, 2.05) is 20.8 Å². The van der Waals surface area contributed by atoms with Gasteiger partial charge in [0.1, 0.15) is 11.6 Å². The molecular weight excluding hydrogens is 364 g/mol. The first-order chi connectivity index (χ1) is 11.6. The maximum Gasteiger partial charge on any atom is 0.227 e. The molecule has 0 saturated carbocycles. The molecule has 5 nitrogen and oxygen atoms in total. The van der Waals surface area contributed by atoms with Crippen LogP contribution in [-0.4, -0.2) is 30.4 Å². The minimum absolute atomic E-state index is 0. The minimum atomic E-state index is -0.819. The standard InChI is InChI=1S/C18H25F2N3O2.ClH/c1-11(2)8-18(3,10-21)22-17(25)12-6-16(24)23(9-12)15-5-4-13(19)7-14(15)20;/h4-5,7,11-12H,6,8-10,21H2,1-3H3,(H,22,25);1H. The molecule has 8 heteroatoms. The first-order valence-corrected chi connectivity index (χ1v) is 8.42. The van der Waals surface area contributed by atoms with Crippen LogP contribution >= 0.6 is 12.4 Å². The summed E-state index contributed by atoms with van der Waals surface area (Å²) in [6.45, 7) is 6.30. The van der Waals surface area contributed by atoms with Gasteiger partial charge in [-0.2, -0.15) is 0 Å². The highest BCUT2D eigenvalue weighted by molar-refractivity contribution is 6.00. The van der Waals surface area contributed by atoms with Crippen molar-refractivity contribution in [1.29, 1.82) is 0 Å². The smallest absolute Gasteiger partial charge is 0.227 e. The normalized spacial score (nSPS) is 19.3. The highest BCUT2D eigenvalue weighted by Gasteiger charge is 2.38. The van der Waals surface area contributed by atoms with Gasteiger partial charge in [0.05, 0.1) is 11.6 Å². The van der Waals surface area contributed by atoms with E-state index in [1.54, 1.807) is 0 Å². The fraction of sp³-hybridized carbons (Fsp3) is 0.556. The topological polar surface area (TPSA) is 75.4 Å². The van der Waals surface area contributed by atoms with E-state index in [0.717, 1.165) is 12.1 Å². The van der Waals surface area contributed by atoms with Crippen LogP contribution in [0.4, 0.5) is 14.5 Å². The molecule has 146 valence electrons. The number of carbonyl (C=O) groups excluding carboxylic acids is 2. The second-order valence-electron chi connectivity index (χ2n) is 7.35. The number of halogens is 3. The van der Waals surface area contributed by atoms with Crippen molar-refractivity contribution in [2.75, 3.05) is 18.0 Å². The third-order valence-electron chi connectivity index (χ3n) is 4.43. The number of anilines is 1. The van der Waals surface area contributed by atoms with Gasteiger partial charge >= 0.3 is 0 Å². The van der Waals surface area contributed by atoms with E-state index >= 15 is 0 Å². The second-order valence-corrected chi connectivity index (χ2v) is 7.35. The Hall–Kier alpha value is -1.73. The van der Waals surface area contributed by atoms with Crippen molar-refractivity contribution in [3.8, 4) is 0 Å². The van der Waals surface area contributed by atoms with Crippen LogP contribution in [0.3, 0.4) is 0 Å². The van der Waals surface area contributed by atoms with Gasteiger partial charge in [-0.1, -0.05) is 13.8 Å². The maximum absolute atomic E-state index is 13.9. The number of nitrogens with zero attached hydrogens (tertiary/aromatic N) is 1. The molecule has 2 amide bonds. The quantitative estimate of drug-likeness (QED) is 0.785. The van der Waals surface area contributed by atoms with Gasteiger partial charge in [0.15, 0.2) is 0 Å². The summed E-state index contributed by atoms with van der Waals surface area (Å²) in [5, 5.41) is 2.94. The van der Waals surface area contributed by atoms with Crippen LogP contribution < -0.4 is 16.0 Å². The van der Waals surface area contributed by atoms with E-state index in [4.69, 9.17) is 5.73 Å². The number of nitrogens with two attached hydrogens (primary N) is 1. The first-order valence-electron chi connectivity index (χ1n) is 8.42. The summed E-state index contributed by atoms with van der Waals surface area (Å²) in [6.07, 6.45) is 0.706. The number of carbonyl (C=O) groups is 2. The van der Waals surface area contributed by atoms with Crippen LogP contribution in [0.5, 0.6) is 0 Å². The van der Waals surface area contributed by atoms with Crippen LogP contribution in [0.15, 0.2) is 18.2 Å². The molecular formula is C18H26ClF2N3O2. The van der Waals surface area contributed by atoms with Crippen LogP contribution in [0.2, 0.25) is 0 Å². The van der Waals surface area contributed by atoms with Crippen molar-refractivity contribution in [2.45, 2.75) is 39.2 Å². The molecule has 0 aliphatic carbocycles. The molecule has 26 heavy (non-hydrogen) atoms. The van der Waals surface area contributed by atoms with Gasteiger partial charge in [-0.3, -0.25) is 9.59 Å². The summed E-state index contributed by atoms with van der Waals surface area (Å²) >= 11 is 0. The van der Waals surface area contributed by atoms with Crippen molar-refractivity contribution in [3.63, 3.8) is 0 Å². The summed E-state index contributed by atoms with van der Waals surface area (Å²) in [5.74, 6) is -2.40. The van der Waals surface area contributed by atoms with Crippen LogP contribution in [0.25, 0.3) is 0 Å². The summed E-state index contributed by atoms with van der Waals surface area (Å²) in [7, 11) is 0. The zero-order valence-corrected chi connectivity index (χ0v) is 16.0. The molecule has 1 aromatic carbocycles. The van der Waals surface area contributed by atoms with Crippen LogP contribution in [0.1, 0.15) is 33.6 Å². The Morgan fingerprint density at radius 1 is 1.42 bits per heavy atom. The first kappa shape index (κ1) is 22.3. The third kappa shape index (κ3) is 5.14. The largest absolute Gasteiger partial charge is 0.349 e. The average molecular weight is 390 g/mol. The molecule has 3 N–H and O–H groups in total. The second kappa shape index (κ2) is 8.77. The summed E-state index contributed by atoms with van der Waals surface area (Å²) in [4.78, 5) is 26.0. The molecule has 1 fully saturated rings. The van der Waals surface area contributed by atoms with E-state index in [0.29, 0.717) is 12.3 Å². The Bertz CT molecular complexity index is 672. The average Bonchev–Trinajstić information content (AvgIpc) is 2.88. The number of amides is 2. The Labute approximate surface area is 158 Å². The number of hydrogen-bond acceptors (Lipinski definition) is 3. The molecule has 0 aromatic heterocycles. The molecule has 0 spiro atoms. The zero-order valence-electron chi connectivity index (χ0n) is 15.2. The maximum atomic E-state index is 13.9. The molecule has 1 aromatic rings. The number of hydrogen-bond donors (Lipinski definition) is 2. The molecule has 2 rings (SSSR count). The van der Waals surface area contributed by atoms with Crippen molar-refractivity contribution in [2.24, 2.45) is 17.6 Å². The van der Waals surface area contributed by atoms with E-state index in [2.05, 4.69) is 5.32 Å². The van der Waals surface area contributed by atoms with Crippen LogP contribution in [-0.2, 0) is 9.59 Å². The van der Waals surface area contributed by atoms with E-state index in [-0.39, 0.29) is 49.4 Å². The number of benzene rings is 1. The Balaban J connectivity index is 0.00000338. The lowest BCUT2D eigenvalue weighted by atomic mass is 9.90. The fourth-order valence-corrected chi connectivity index (χ4v) is 3.30. The summed E-state index contributed by atoms with van der Waals surface area (Å²) < 4.78 is 27.0. The molecule has 1 saturated heterocycles. The lowest BCUT2D eigenvalue weighted by Crippen LogP contribution is -2.54. The SMILES string of the molecule is CC(C)CC(C)(CN)NC(=O)C1CC(=O)N(c2ccc(F)cc2F)C1.Cl. The molecule has 2 unspecified atom stereocenters. The monoisotopic (exact) mass is 389 g/mol. The zero-order chi connectivity index (χ0) is 18.8. The van der Waals surface area contributed by atoms with Gasteiger partial charge < -0.3 is 16.0 Å². The van der Waals surface area contributed by atoms with Crippen molar-refractivity contribution in [3.05, 3.63) is 29.8 Å². The predicted octanol–water partition coefficient (Wildman–Crippen LogP) is 2.62. The fourth-order valence-electron chi connectivity index (χ4n) is 3.30. The van der Waals surface area contributed by atoms with Gasteiger partial charge in [0.2, 0.25) is 11.8 Å². The minimum Gasteiger partial charge on any atom is -0.349 e. The van der Waals surface area contributed by atoms with Gasteiger partial charge in [-0.05, 0) is 31.4 Å². The highest BCUT2D eigenvalue weighted by atomic mass is 35.5. The molecule has 0 radical (unpaired) electrons. The Morgan fingerprint density at radius 2 is 2.08 bits per heavy atom. The van der Waals surface area contributed by atoms with E-state index in [9.17, 15) is 18.4 Å². The lowest BCUT2D eigenvalue weighted by molar-refractivity contribution is -0.128. The lowest BCUT2D eigenvalue weighted by Gasteiger charge is -2.32. The van der Waals surface area contributed by atoms with Crippen molar-refractivity contribution >= 4 is 29.9 Å². The Kier molecular flexibility index (Phi) is 7.53. The predicted molar refractivity (Wildman–Crippen MR) is 99.1 cm³/mol. The van der Waals surface area contributed by atoms with Gasteiger partial charge in [-0.25, -0.2) is 8.78 Å². The molecule has 1 heterocycles. The van der Waals surface area contributed by atoms with Crippen LogP contribution in [0, 0.1) is 23.5 Å².